The van der Waals surface area contributed by atoms with Crippen molar-refractivity contribution in [2.24, 2.45) is 5.92 Å². The number of halogens is 4. The van der Waals surface area contributed by atoms with Gasteiger partial charge in [-0.2, -0.15) is 13.2 Å². The van der Waals surface area contributed by atoms with E-state index >= 15 is 0 Å². The molecular weight excluding hydrogens is 438 g/mol. The zero-order valence-electron chi connectivity index (χ0n) is 17.9. The van der Waals surface area contributed by atoms with Gasteiger partial charge in [-0.3, -0.25) is 4.79 Å². The first-order chi connectivity index (χ1) is 14.1. The summed E-state index contributed by atoms with van der Waals surface area (Å²) in [4.78, 5) is 14.2. The van der Waals surface area contributed by atoms with Crippen molar-refractivity contribution in [2.45, 2.75) is 45.3 Å². The van der Waals surface area contributed by atoms with Gasteiger partial charge in [0.15, 0.2) is 0 Å². The molecule has 1 aliphatic rings. The number of carbonyl (C=O) groups excluding carboxylic acids is 1. The summed E-state index contributed by atoms with van der Waals surface area (Å²) in [6.45, 7) is 7.30. The van der Waals surface area contributed by atoms with Gasteiger partial charge in [0.2, 0.25) is 10.0 Å². The number of benzene rings is 1. The summed E-state index contributed by atoms with van der Waals surface area (Å²) >= 11 is 0. The Hall–Kier alpha value is -1.72. The maximum absolute atomic E-state index is 13.5. The van der Waals surface area contributed by atoms with Crippen molar-refractivity contribution in [3.05, 3.63) is 35.1 Å². The fraction of sp³-hybridized carbons (Fsp3) is 0.650. The van der Waals surface area contributed by atoms with Crippen molar-refractivity contribution in [3.8, 4) is 0 Å². The van der Waals surface area contributed by atoms with E-state index in [4.69, 9.17) is 0 Å². The van der Waals surface area contributed by atoms with E-state index in [0.717, 1.165) is 6.07 Å². The summed E-state index contributed by atoms with van der Waals surface area (Å²) in [5.74, 6) is -1.77. The van der Waals surface area contributed by atoms with Crippen LogP contribution in [0.3, 0.4) is 0 Å². The summed E-state index contributed by atoms with van der Waals surface area (Å²) in [5.41, 5.74) is -2.12. The summed E-state index contributed by atoms with van der Waals surface area (Å²) in [6, 6.07) is 1.76. The molecule has 0 aliphatic carbocycles. The number of piperidine rings is 1. The molecule has 11 heteroatoms. The Labute approximate surface area is 180 Å². The van der Waals surface area contributed by atoms with Crippen LogP contribution in [0.5, 0.6) is 0 Å². The number of rotatable bonds is 7. The number of nitrogens with zero attached hydrogens (tertiary/aromatic N) is 1. The Balaban J connectivity index is 1.80. The van der Waals surface area contributed by atoms with Crippen LogP contribution in [-0.4, -0.2) is 56.7 Å². The molecule has 1 amide bonds. The van der Waals surface area contributed by atoms with Gasteiger partial charge in [0.1, 0.15) is 5.82 Å². The second kappa shape index (κ2) is 9.83. The predicted octanol–water partition coefficient (Wildman–Crippen LogP) is 3.00. The van der Waals surface area contributed by atoms with E-state index in [0.29, 0.717) is 44.6 Å². The second-order valence-corrected chi connectivity index (χ2v) is 10.7. The molecule has 2 N–H and O–H groups in total. The summed E-state index contributed by atoms with van der Waals surface area (Å²) < 4.78 is 78.7. The molecule has 31 heavy (non-hydrogen) atoms. The molecule has 0 atom stereocenters. The Kier molecular flexibility index (Phi) is 8.10. The minimum atomic E-state index is -4.74. The zero-order chi connectivity index (χ0) is 23.4. The van der Waals surface area contributed by atoms with Crippen LogP contribution in [0.1, 0.15) is 49.5 Å². The highest BCUT2D eigenvalue weighted by Gasteiger charge is 2.32. The van der Waals surface area contributed by atoms with Crippen LogP contribution < -0.4 is 10.0 Å². The Morgan fingerprint density at radius 2 is 1.74 bits per heavy atom. The Morgan fingerprint density at radius 3 is 2.29 bits per heavy atom. The van der Waals surface area contributed by atoms with E-state index in [1.807, 2.05) is 4.90 Å². The van der Waals surface area contributed by atoms with Gasteiger partial charge >= 0.3 is 6.18 Å². The number of hydrogen-bond donors (Lipinski definition) is 2. The lowest BCUT2D eigenvalue weighted by Crippen LogP contribution is -2.45. The predicted molar refractivity (Wildman–Crippen MR) is 110 cm³/mol. The van der Waals surface area contributed by atoms with E-state index in [-0.39, 0.29) is 23.8 Å². The van der Waals surface area contributed by atoms with Gasteiger partial charge in [-0.05, 0) is 70.8 Å². The van der Waals surface area contributed by atoms with Crippen molar-refractivity contribution >= 4 is 15.9 Å². The molecule has 2 rings (SSSR count). The molecule has 1 aromatic carbocycles. The van der Waals surface area contributed by atoms with Gasteiger partial charge in [-0.15, -0.1) is 0 Å². The molecule has 1 aliphatic heterocycles. The van der Waals surface area contributed by atoms with Crippen LogP contribution >= 0.6 is 0 Å². The van der Waals surface area contributed by atoms with Crippen molar-refractivity contribution in [1.82, 2.24) is 14.9 Å². The number of carbonyl (C=O) groups is 1. The van der Waals surface area contributed by atoms with Crippen LogP contribution in [-0.2, 0) is 16.2 Å². The Morgan fingerprint density at radius 1 is 1.13 bits per heavy atom. The molecule has 0 saturated carbocycles. The highest BCUT2D eigenvalue weighted by atomic mass is 32.2. The van der Waals surface area contributed by atoms with Crippen molar-refractivity contribution in [3.63, 3.8) is 0 Å². The first-order valence-electron chi connectivity index (χ1n) is 10.0. The monoisotopic (exact) mass is 467 g/mol. The molecular formula is C20H29F4N3O3S. The summed E-state index contributed by atoms with van der Waals surface area (Å²) in [6.07, 6.45) is -3.31. The molecule has 1 fully saturated rings. The molecule has 0 aromatic heterocycles. The lowest BCUT2D eigenvalue weighted by Gasteiger charge is -2.32. The number of alkyl halides is 3. The van der Waals surface area contributed by atoms with Gasteiger partial charge < -0.3 is 10.2 Å². The van der Waals surface area contributed by atoms with E-state index in [1.54, 1.807) is 20.8 Å². The van der Waals surface area contributed by atoms with Gasteiger partial charge in [-0.25, -0.2) is 17.5 Å². The smallest absolute Gasteiger partial charge is 0.352 e. The standard InChI is InChI=1S/C20H29F4N3O3S/c1-19(2,3)26-31(29,30)9-8-27-6-4-14(5-7-27)13-25-18(28)15-10-16(20(22,23)24)12-17(21)11-15/h10-12,14,26H,4-9,13H2,1-3H3,(H,25,28). The number of hydrogen-bond acceptors (Lipinski definition) is 4. The molecule has 6 nitrogen and oxygen atoms in total. The third kappa shape index (κ3) is 8.74. The second-order valence-electron chi connectivity index (χ2n) is 8.89. The lowest BCUT2D eigenvalue weighted by atomic mass is 9.96. The van der Waals surface area contributed by atoms with Crippen molar-refractivity contribution in [1.29, 1.82) is 0 Å². The number of sulfonamides is 1. The van der Waals surface area contributed by atoms with Crippen LogP contribution in [0.2, 0.25) is 0 Å². The summed E-state index contributed by atoms with van der Waals surface area (Å²) in [5, 5.41) is 2.57. The first kappa shape index (κ1) is 25.5. The van der Waals surface area contributed by atoms with Gasteiger partial charge in [-0.1, -0.05) is 0 Å². The minimum Gasteiger partial charge on any atom is -0.352 e. The van der Waals surface area contributed by atoms with E-state index in [2.05, 4.69) is 10.0 Å². The molecule has 1 aromatic rings. The quantitative estimate of drug-likeness (QED) is 0.605. The number of nitrogens with one attached hydrogen (secondary N) is 2. The summed E-state index contributed by atoms with van der Waals surface area (Å²) in [7, 11) is -3.38. The highest BCUT2D eigenvalue weighted by molar-refractivity contribution is 7.89. The topological polar surface area (TPSA) is 78.5 Å². The zero-order valence-corrected chi connectivity index (χ0v) is 18.7. The average Bonchev–Trinajstić information content (AvgIpc) is 2.62. The fourth-order valence-electron chi connectivity index (χ4n) is 3.40. The van der Waals surface area contributed by atoms with Gasteiger partial charge in [0.05, 0.1) is 11.3 Å². The molecule has 0 bridgehead atoms. The molecule has 0 unspecified atom stereocenters. The third-order valence-corrected chi connectivity index (χ3v) is 6.53. The minimum absolute atomic E-state index is 0.00716. The Bertz CT molecular complexity index is 875. The van der Waals surface area contributed by atoms with Gasteiger partial charge in [0, 0.05) is 24.2 Å². The van der Waals surface area contributed by atoms with Crippen LogP contribution in [0.15, 0.2) is 18.2 Å². The number of likely N-dealkylation sites (tertiary alicyclic amines) is 1. The SMILES string of the molecule is CC(C)(C)NS(=O)(=O)CCN1CCC(CNC(=O)c2cc(F)cc(C(F)(F)F)c2)CC1. The number of amides is 1. The molecule has 1 saturated heterocycles. The van der Waals surface area contributed by atoms with E-state index < -0.39 is 39.0 Å². The first-order valence-corrected chi connectivity index (χ1v) is 11.7. The molecule has 0 radical (unpaired) electrons. The van der Waals surface area contributed by atoms with Crippen LogP contribution in [0.25, 0.3) is 0 Å². The van der Waals surface area contributed by atoms with Crippen molar-refractivity contribution in [2.75, 3.05) is 31.9 Å². The third-order valence-electron chi connectivity index (χ3n) is 4.88. The largest absolute Gasteiger partial charge is 0.416 e. The van der Waals surface area contributed by atoms with Crippen molar-refractivity contribution < 1.29 is 30.8 Å². The van der Waals surface area contributed by atoms with E-state index in [1.165, 1.54) is 0 Å². The fourth-order valence-corrected chi connectivity index (χ4v) is 4.94. The van der Waals surface area contributed by atoms with Gasteiger partial charge in [0.25, 0.3) is 5.91 Å². The van der Waals surface area contributed by atoms with Crippen LogP contribution in [0.4, 0.5) is 17.6 Å². The van der Waals surface area contributed by atoms with E-state index in [9.17, 15) is 30.8 Å². The highest BCUT2D eigenvalue weighted by Crippen LogP contribution is 2.30. The maximum atomic E-state index is 13.5. The normalized spacial score (nSPS) is 17.0. The molecule has 1 heterocycles. The maximum Gasteiger partial charge on any atom is 0.416 e. The molecule has 176 valence electrons. The molecule has 0 spiro atoms. The average molecular weight is 468 g/mol. The van der Waals surface area contributed by atoms with Crippen LogP contribution in [0, 0.1) is 11.7 Å². The lowest BCUT2D eigenvalue weighted by molar-refractivity contribution is -0.137.